The molecule has 8 heteroatoms. The van der Waals surface area contributed by atoms with E-state index < -0.39 is 17.6 Å². The summed E-state index contributed by atoms with van der Waals surface area (Å²) in [6, 6.07) is 1.61. The lowest BCUT2D eigenvalue weighted by molar-refractivity contribution is 0.0636. The second-order valence-corrected chi connectivity index (χ2v) is 8.28. The molecule has 1 N–H and O–H groups in total. The minimum Gasteiger partial charge on any atom is -0.444 e. The highest BCUT2D eigenvalue weighted by Gasteiger charge is 2.39. The van der Waals surface area contributed by atoms with Crippen molar-refractivity contribution in [3.63, 3.8) is 0 Å². The Kier molecular flexibility index (Phi) is 4.81. The summed E-state index contributed by atoms with van der Waals surface area (Å²) in [5, 5.41) is 2.31. The molecule has 0 aliphatic carbocycles. The summed E-state index contributed by atoms with van der Waals surface area (Å²) in [4.78, 5) is 20.3. The number of anilines is 2. The average molecular weight is 371 g/mol. The second-order valence-electron chi connectivity index (χ2n) is 7.91. The quantitative estimate of drug-likeness (QED) is 0.810. The first-order valence-electron chi connectivity index (χ1n) is 8.42. The summed E-state index contributed by atoms with van der Waals surface area (Å²) in [6.07, 6.45) is -0.675. The van der Waals surface area contributed by atoms with Crippen molar-refractivity contribution < 1.29 is 13.9 Å². The Morgan fingerprint density at radius 1 is 1.32 bits per heavy atom. The van der Waals surface area contributed by atoms with Crippen molar-refractivity contribution in [2.24, 2.45) is 11.8 Å². The Balaban J connectivity index is 1.76. The molecule has 1 aromatic heterocycles. The SMILES string of the molecule is CN1CC2CN(c3cc(NC(=O)OC(C)(C)C)c(Cl)c(F)n3)CC2C1. The van der Waals surface area contributed by atoms with E-state index in [4.69, 9.17) is 16.3 Å². The first-order valence-corrected chi connectivity index (χ1v) is 8.79. The van der Waals surface area contributed by atoms with E-state index in [0.29, 0.717) is 17.7 Å². The van der Waals surface area contributed by atoms with Gasteiger partial charge in [0.2, 0.25) is 5.95 Å². The maximum atomic E-state index is 14.2. The van der Waals surface area contributed by atoms with Crippen molar-refractivity contribution in [3.8, 4) is 0 Å². The number of carbonyl (C=O) groups is 1. The fourth-order valence-electron chi connectivity index (χ4n) is 3.57. The highest BCUT2D eigenvalue weighted by Crippen LogP contribution is 2.35. The zero-order valence-corrected chi connectivity index (χ0v) is 15.7. The van der Waals surface area contributed by atoms with Crippen LogP contribution in [0.5, 0.6) is 0 Å². The standard InChI is InChI=1S/C17H24ClFN4O2/c1-17(2,3)25-16(24)20-12-5-13(21-15(19)14(12)18)23-8-10-6-22(4)7-11(10)9-23/h5,10-11H,6-9H2,1-4H3,(H,20,21,24). The summed E-state index contributed by atoms with van der Waals surface area (Å²) in [7, 11) is 2.12. The lowest BCUT2D eigenvalue weighted by Gasteiger charge is -2.22. The van der Waals surface area contributed by atoms with Gasteiger partial charge in [0.25, 0.3) is 0 Å². The molecule has 1 aromatic rings. The van der Waals surface area contributed by atoms with E-state index in [1.807, 2.05) is 0 Å². The molecule has 0 radical (unpaired) electrons. The summed E-state index contributed by atoms with van der Waals surface area (Å²) >= 11 is 5.97. The molecule has 2 unspecified atom stereocenters. The third-order valence-corrected chi connectivity index (χ3v) is 4.89. The van der Waals surface area contributed by atoms with Gasteiger partial charge in [-0.3, -0.25) is 5.32 Å². The fraction of sp³-hybridized carbons (Fsp3) is 0.647. The van der Waals surface area contributed by atoms with E-state index >= 15 is 0 Å². The predicted molar refractivity (Wildman–Crippen MR) is 95.8 cm³/mol. The minimum atomic E-state index is -0.792. The summed E-state index contributed by atoms with van der Waals surface area (Å²) in [5.74, 6) is 0.824. The van der Waals surface area contributed by atoms with Gasteiger partial charge in [0.15, 0.2) is 0 Å². The number of aromatic nitrogens is 1. The molecule has 1 amide bonds. The van der Waals surface area contributed by atoms with Crippen LogP contribution in [-0.2, 0) is 4.74 Å². The lowest BCUT2D eigenvalue weighted by Crippen LogP contribution is -2.29. The second kappa shape index (κ2) is 6.61. The number of halogens is 2. The molecule has 25 heavy (non-hydrogen) atoms. The first-order chi connectivity index (χ1) is 11.6. The maximum absolute atomic E-state index is 14.2. The molecule has 0 aromatic carbocycles. The molecular formula is C17H24ClFN4O2. The number of pyridine rings is 1. The third kappa shape index (κ3) is 4.15. The largest absolute Gasteiger partial charge is 0.444 e. The summed E-state index contributed by atoms with van der Waals surface area (Å²) in [5.41, 5.74) is -0.476. The van der Waals surface area contributed by atoms with Gasteiger partial charge in [0.05, 0.1) is 5.69 Å². The van der Waals surface area contributed by atoms with Crippen LogP contribution in [0.1, 0.15) is 20.8 Å². The minimum absolute atomic E-state index is 0.174. The zero-order chi connectivity index (χ0) is 18.4. The summed E-state index contributed by atoms with van der Waals surface area (Å²) < 4.78 is 19.4. The highest BCUT2D eigenvalue weighted by atomic mass is 35.5. The van der Waals surface area contributed by atoms with Gasteiger partial charge < -0.3 is 14.5 Å². The normalized spacial score (nSPS) is 23.7. The van der Waals surface area contributed by atoms with Crippen molar-refractivity contribution in [2.45, 2.75) is 26.4 Å². The van der Waals surface area contributed by atoms with E-state index in [2.05, 4.69) is 27.1 Å². The van der Waals surface area contributed by atoms with Crippen LogP contribution in [-0.4, -0.2) is 54.8 Å². The molecule has 0 saturated carbocycles. The Hall–Kier alpha value is -1.60. The van der Waals surface area contributed by atoms with E-state index in [1.54, 1.807) is 26.8 Å². The highest BCUT2D eigenvalue weighted by molar-refractivity contribution is 6.33. The average Bonchev–Trinajstić information content (AvgIpc) is 2.98. The monoisotopic (exact) mass is 370 g/mol. The van der Waals surface area contributed by atoms with E-state index in [0.717, 1.165) is 26.2 Å². The number of likely N-dealkylation sites (tertiary alicyclic amines) is 1. The van der Waals surface area contributed by atoms with Gasteiger partial charge in [-0.15, -0.1) is 0 Å². The van der Waals surface area contributed by atoms with Crippen molar-refractivity contribution in [3.05, 3.63) is 17.0 Å². The van der Waals surface area contributed by atoms with Crippen LogP contribution in [0.4, 0.5) is 20.7 Å². The summed E-state index contributed by atoms with van der Waals surface area (Å²) in [6.45, 7) is 9.01. The van der Waals surface area contributed by atoms with Gasteiger partial charge in [-0.2, -0.15) is 4.39 Å². The molecule has 138 valence electrons. The lowest BCUT2D eigenvalue weighted by atomic mass is 10.0. The van der Waals surface area contributed by atoms with Crippen LogP contribution in [0, 0.1) is 17.8 Å². The van der Waals surface area contributed by atoms with Crippen LogP contribution in [0.25, 0.3) is 0 Å². The van der Waals surface area contributed by atoms with Crippen LogP contribution in [0.15, 0.2) is 6.07 Å². The van der Waals surface area contributed by atoms with Crippen LogP contribution >= 0.6 is 11.6 Å². The predicted octanol–water partition coefficient (Wildman–Crippen LogP) is 3.22. The molecule has 0 spiro atoms. The Morgan fingerprint density at radius 2 is 1.92 bits per heavy atom. The Morgan fingerprint density at radius 3 is 2.48 bits per heavy atom. The van der Waals surface area contributed by atoms with Gasteiger partial charge >= 0.3 is 6.09 Å². The molecule has 2 aliphatic heterocycles. The smallest absolute Gasteiger partial charge is 0.412 e. The van der Waals surface area contributed by atoms with Crippen molar-refractivity contribution in [1.29, 1.82) is 0 Å². The fourth-order valence-corrected chi connectivity index (χ4v) is 3.71. The van der Waals surface area contributed by atoms with E-state index in [-0.39, 0.29) is 10.7 Å². The number of amides is 1. The van der Waals surface area contributed by atoms with E-state index in [9.17, 15) is 9.18 Å². The van der Waals surface area contributed by atoms with Gasteiger partial charge in [-0.1, -0.05) is 11.6 Å². The van der Waals surface area contributed by atoms with Crippen molar-refractivity contribution in [1.82, 2.24) is 9.88 Å². The number of fused-ring (bicyclic) bond motifs is 1. The first kappa shape index (κ1) is 18.2. The third-order valence-electron chi connectivity index (χ3n) is 4.53. The molecule has 3 heterocycles. The van der Waals surface area contributed by atoms with Crippen LogP contribution in [0.2, 0.25) is 5.02 Å². The van der Waals surface area contributed by atoms with Gasteiger partial charge in [-0.25, -0.2) is 9.78 Å². The molecule has 2 aliphatic rings. The Bertz CT molecular complexity index is 665. The Labute approximate surface area is 152 Å². The zero-order valence-electron chi connectivity index (χ0n) is 15.0. The van der Waals surface area contributed by atoms with Crippen molar-refractivity contribution >= 4 is 29.2 Å². The number of hydrogen-bond donors (Lipinski definition) is 1. The number of rotatable bonds is 2. The molecule has 2 fully saturated rings. The van der Waals surface area contributed by atoms with Crippen LogP contribution < -0.4 is 10.2 Å². The number of ether oxygens (including phenoxy) is 1. The molecule has 2 saturated heterocycles. The topological polar surface area (TPSA) is 57.7 Å². The molecule has 6 nitrogen and oxygen atoms in total. The molecule has 0 bridgehead atoms. The molecule has 3 rings (SSSR count). The van der Waals surface area contributed by atoms with E-state index in [1.165, 1.54) is 0 Å². The number of nitrogens with one attached hydrogen (secondary N) is 1. The van der Waals surface area contributed by atoms with Gasteiger partial charge in [0.1, 0.15) is 16.4 Å². The van der Waals surface area contributed by atoms with Gasteiger partial charge in [-0.05, 0) is 39.7 Å². The van der Waals surface area contributed by atoms with Gasteiger partial charge in [0, 0.05) is 32.2 Å². The molecular weight excluding hydrogens is 347 g/mol. The number of carbonyl (C=O) groups excluding carboxylic acids is 1. The molecule has 2 atom stereocenters. The van der Waals surface area contributed by atoms with Crippen LogP contribution in [0.3, 0.4) is 0 Å². The number of nitrogens with zero attached hydrogens (tertiary/aromatic N) is 3. The van der Waals surface area contributed by atoms with Crippen molar-refractivity contribution in [2.75, 3.05) is 43.4 Å². The number of hydrogen-bond acceptors (Lipinski definition) is 5. The maximum Gasteiger partial charge on any atom is 0.412 e.